The summed E-state index contributed by atoms with van der Waals surface area (Å²) in [5.74, 6) is 1.97. The van der Waals surface area contributed by atoms with Crippen LogP contribution in [0.4, 0.5) is 0 Å². The molecule has 4 rings (SSSR count). The SMILES string of the molecule is CCCC(CCC)C(=O)N1CCc2c([nH]c3ccc(OC)cc23)[C@H]1c1ccccc1OC. The maximum atomic E-state index is 13.8. The summed E-state index contributed by atoms with van der Waals surface area (Å²) in [6.45, 7) is 5.02. The molecule has 1 aromatic heterocycles. The van der Waals surface area contributed by atoms with E-state index < -0.39 is 0 Å². The van der Waals surface area contributed by atoms with Crippen molar-refractivity contribution < 1.29 is 14.3 Å². The molecule has 0 saturated heterocycles. The summed E-state index contributed by atoms with van der Waals surface area (Å²) >= 11 is 0. The molecule has 1 atom stereocenters. The lowest BCUT2D eigenvalue weighted by Crippen LogP contribution is -2.43. The number of fused-ring (bicyclic) bond motifs is 3. The number of hydrogen-bond donors (Lipinski definition) is 1. The van der Waals surface area contributed by atoms with Crippen LogP contribution in [-0.2, 0) is 11.2 Å². The first-order valence-corrected chi connectivity index (χ1v) is 11.7. The van der Waals surface area contributed by atoms with Gasteiger partial charge in [0, 0.05) is 34.6 Å². The highest BCUT2D eigenvalue weighted by molar-refractivity contribution is 5.88. The first-order chi connectivity index (χ1) is 15.6. The number of methoxy groups -OCH3 is 2. The molecule has 0 aliphatic carbocycles. The number of amides is 1. The molecule has 5 heteroatoms. The van der Waals surface area contributed by atoms with E-state index in [-0.39, 0.29) is 17.9 Å². The Bertz CT molecular complexity index is 1080. The standard InChI is InChI=1S/C27H34N2O3/c1-5-9-18(10-6-2)27(30)29-16-15-20-22-17-19(31-3)13-14-23(22)28-25(20)26(29)21-11-7-8-12-24(21)32-4/h7-8,11-14,17-18,26,28H,5-6,9-10,15-16H2,1-4H3/t26-/m1/s1. The third kappa shape index (κ3) is 3.96. The second-order valence-corrected chi connectivity index (χ2v) is 8.63. The molecule has 0 radical (unpaired) electrons. The minimum absolute atomic E-state index is 0.0632. The monoisotopic (exact) mass is 434 g/mol. The third-order valence-electron chi connectivity index (χ3n) is 6.67. The van der Waals surface area contributed by atoms with Crippen molar-refractivity contribution in [3.05, 3.63) is 59.3 Å². The van der Waals surface area contributed by atoms with Gasteiger partial charge in [-0.1, -0.05) is 44.9 Å². The Morgan fingerprint density at radius 1 is 1.09 bits per heavy atom. The van der Waals surface area contributed by atoms with Gasteiger partial charge in [-0.3, -0.25) is 4.79 Å². The molecule has 2 aromatic carbocycles. The molecule has 0 saturated carbocycles. The second kappa shape index (κ2) is 9.68. The van der Waals surface area contributed by atoms with E-state index in [2.05, 4.69) is 41.9 Å². The normalized spacial score (nSPS) is 15.8. The Hall–Kier alpha value is -2.95. The lowest BCUT2D eigenvalue weighted by Gasteiger charge is -2.38. The molecule has 2 heterocycles. The predicted octanol–water partition coefficient (Wildman–Crippen LogP) is 5.88. The average molecular weight is 435 g/mol. The zero-order valence-corrected chi connectivity index (χ0v) is 19.6. The molecule has 0 spiro atoms. The second-order valence-electron chi connectivity index (χ2n) is 8.63. The van der Waals surface area contributed by atoms with Crippen LogP contribution in [0.2, 0.25) is 0 Å². The van der Waals surface area contributed by atoms with Crippen LogP contribution in [0.1, 0.15) is 62.4 Å². The molecule has 1 N–H and O–H groups in total. The number of hydrogen-bond acceptors (Lipinski definition) is 3. The van der Waals surface area contributed by atoms with Crippen molar-refractivity contribution in [1.29, 1.82) is 0 Å². The van der Waals surface area contributed by atoms with Gasteiger partial charge >= 0.3 is 0 Å². The molecule has 170 valence electrons. The van der Waals surface area contributed by atoms with E-state index in [0.29, 0.717) is 6.54 Å². The summed E-state index contributed by atoms with van der Waals surface area (Å²) in [7, 11) is 3.39. The molecule has 1 aliphatic heterocycles. The Kier molecular flexibility index (Phi) is 6.73. The highest BCUT2D eigenvalue weighted by Gasteiger charge is 2.38. The van der Waals surface area contributed by atoms with E-state index in [0.717, 1.165) is 60.4 Å². The number of benzene rings is 2. The number of nitrogens with zero attached hydrogens (tertiary/aromatic N) is 1. The largest absolute Gasteiger partial charge is 0.497 e. The van der Waals surface area contributed by atoms with Crippen LogP contribution < -0.4 is 9.47 Å². The van der Waals surface area contributed by atoms with Crippen LogP contribution in [0.5, 0.6) is 11.5 Å². The van der Waals surface area contributed by atoms with Crippen molar-refractivity contribution >= 4 is 16.8 Å². The molecule has 32 heavy (non-hydrogen) atoms. The number of H-pyrrole nitrogens is 1. The van der Waals surface area contributed by atoms with E-state index in [1.807, 2.05) is 24.3 Å². The van der Waals surface area contributed by atoms with Gasteiger partial charge in [0.05, 0.1) is 14.2 Å². The van der Waals surface area contributed by atoms with E-state index >= 15 is 0 Å². The topological polar surface area (TPSA) is 54.6 Å². The number of nitrogens with one attached hydrogen (secondary N) is 1. The minimum Gasteiger partial charge on any atom is -0.497 e. The number of carbonyl (C=O) groups is 1. The zero-order chi connectivity index (χ0) is 22.7. The summed E-state index contributed by atoms with van der Waals surface area (Å²) in [6, 6.07) is 14.0. The van der Waals surface area contributed by atoms with Gasteiger partial charge in [-0.15, -0.1) is 0 Å². The Balaban J connectivity index is 1.86. The Morgan fingerprint density at radius 3 is 2.53 bits per heavy atom. The molecule has 1 amide bonds. The van der Waals surface area contributed by atoms with Crippen molar-refractivity contribution in [3.63, 3.8) is 0 Å². The number of aromatic amines is 1. The quantitative estimate of drug-likeness (QED) is 0.482. The van der Waals surface area contributed by atoms with Gasteiger partial charge in [0.2, 0.25) is 5.91 Å². The van der Waals surface area contributed by atoms with Gasteiger partial charge in [-0.2, -0.15) is 0 Å². The molecule has 5 nitrogen and oxygen atoms in total. The number of para-hydroxylation sites is 1. The maximum Gasteiger partial charge on any atom is 0.226 e. The van der Waals surface area contributed by atoms with Gasteiger partial charge in [0.15, 0.2) is 0 Å². The molecule has 0 bridgehead atoms. The summed E-state index contributed by atoms with van der Waals surface area (Å²) in [5.41, 5.74) is 4.45. The highest BCUT2D eigenvalue weighted by Crippen LogP contribution is 2.43. The van der Waals surface area contributed by atoms with E-state index in [1.165, 1.54) is 10.9 Å². The number of carbonyl (C=O) groups excluding carboxylic acids is 1. The first kappa shape index (κ1) is 22.3. The fraction of sp³-hybridized carbons (Fsp3) is 0.444. The summed E-state index contributed by atoms with van der Waals surface area (Å²) < 4.78 is 11.2. The Morgan fingerprint density at radius 2 is 1.84 bits per heavy atom. The maximum absolute atomic E-state index is 13.8. The van der Waals surface area contributed by atoms with Gasteiger partial charge < -0.3 is 19.4 Å². The fourth-order valence-electron chi connectivity index (χ4n) is 5.17. The summed E-state index contributed by atoms with van der Waals surface area (Å²) in [5, 5.41) is 1.17. The van der Waals surface area contributed by atoms with Crippen molar-refractivity contribution in [2.45, 2.75) is 52.0 Å². The molecule has 3 aromatic rings. The van der Waals surface area contributed by atoms with E-state index in [9.17, 15) is 4.79 Å². The smallest absolute Gasteiger partial charge is 0.226 e. The van der Waals surface area contributed by atoms with Gasteiger partial charge in [0.25, 0.3) is 0 Å². The van der Waals surface area contributed by atoms with Gasteiger partial charge in [-0.05, 0) is 49.1 Å². The molecule has 0 unspecified atom stereocenters. The van der Waals surface area contributed by atoms with Crippen LogP contribution >= 0.6 is 0 Å². The zero-order valence-electron chi connectivity index (χ0n) is 19.6. The summed E-state index contributed by atoms with van der Waals surface area (Å²) in [6.07, 6.45) is 4.71. The first-order valence-electron chi connectivity index (χ1n) is 11.7. The lowest BCUT2D eigenvalue weighted by atomic mass is 9.89. The molecular weight excluding hydrogens is 400 g/mol. The van der Waals surface area contributed by atoms with E-state index in [1.54, 1.807) is 14.2 Å². The number of rotatable bonds is 8. The van der Waals surface area contributed by atoms with Gasteiger partial charge in [-0.25, -0.2) is 0 Å². The van der Waals surface area contributed by atoms with Crippen molar-refractivity contribution in [3.8, 4) is 11.5 Å². The van der Waals surface area contributed by atoms with Crippen LogP contribution in [0.15, 0.2) is 42.5 Å². The number of aromatic nitrogens is 1. The lowest BCUT2D eigenvalue weighted by molar-refractivity contribution is -0.138. The van der Waals surface area contributed by atoms with Crippen molar-refractivity contribution in [2.75, 3.05) is 20.8 Å². The Labute approximate surface area is 190 Å². The number of ether oxygens (including phenoxy) is 2. The fourth-order valence-corrected chi connectivity index (χ4v) is 5.17. The van der Waals surface area contributed by atoms with Crippen LogP contribution in [0.3, 0.4) is 0 Å². The van der Waals surface area contributed by atoms with Crippen LogP contribution in [-0.4, -0.2) is 36.6 Å². The van der Waals surface area contributed by atoms with Crippen LogP contribution in [0, 0.1) is 5.92 Å². The van der Waals surface area contributed by atoms with Gasteiger partial charge in [0.1, 0.15) is 17.5 Å². The van der Waals surface area contributed by atoms with Crippen molar-refractivity contribution in [1.82, 2.24) is 9.88 Å². The van der Waals surface area contributed by atoms with Crippen molar-refractivity contribution in [2.24, 2.45) is 5.92 Å². The molecule has 0 fully saturated rings. The van der Waals surface area contributed by atoms with E-state index in [4.69, 9.17) is 9.47 Å². The summed E-state index contributed by atoms with van der Waals surface area (Å²) in [4.78, 5) is 19.6. The average Bonchev–Trinajstić information content (AvgIpc) is 3.20. The third-order valence-corrected chi connectivity index (χ3v) is 6.67. The predicted molar refractivity (Wildman–Crippen MR) is 128 cm³/mol. The minimum atomic E-state index is -0.197. The van der Waals surface area contributed by atoms with Crippen LogP contribution in [0.25, 0.3) is 10.9 Å². The highest BCUT2D eigenvalue weighted by atomic mass is 16.5. The molecule has 1 aliphatic rings. The molecular formula is C27H34N2O3.